The molecule has 0 heterocycles. The fraction of sp³-hybridized carbons (Fsp3) is 0.333. The van der Waals surface area contributed by atoms with E-state index in [-0.39, 0.29) is 11.6 Å². The molecule has 1 aliphatic carbocycles. The Morgan fingerprint density at radius 1 is 1.50 bits per heavy atom. The summed E-state index contributed by atoms with van der Waals surface area (Å²) in [5, 5.41) is 10.5. The average Bonchev–Trinajstić information content (AvgIpc) is 2.75. The van der Waals surface area contributed by atoms with Crippen molar-refractivity contribution < 1.29 is 4.92 Å². The van der Waals surface area contributed by atoms with Crippen LogP contribution >= 0.6 is 23.2 Å². The van der Waals surface area contributed by atoms with Crippen LogP contribution in [0.5, 0.6) is 0 Å². The van der Waals surface area contributed by atoms with Gasteiger partial charge in [0.1, 0.15) is 4.33 Å². The molecule has 0 amide bonds. The molecular weight excluding hydrogens is 225 g/mol. The van der Waals surface area contributed by atoms with E-state index in [9.17, 15) is 10.1 Å². The zero-order valence-corrected chi connectivity index (χ0v) is 8.63. The molecule has 74 valence electrons. The van der Waals surface area contributed by atoms with Gasteiger partial charge in [-0.15, -0.1) is 23.2 Å². The minimum atomic E-state index is -0.727. The maximum absolute atomic E-state index is 10.5. The molecule has 0 N–H and O–H groups in total. The van der Waals surface area contributed by atoms with Gasteiger partial charge in [0.05, 0.1) is 4.92 Å². The SMILES string of the molecule is O=[N+]([O-])c1cccc(C2CC2(Cl)Cl)c1. The summed E-state index contributed by atoms with van der Waals surface area (Å²) in [6, 6.07) is 6.44. The summed E-state index contributed by atoms with van der Waals surface area (Å²) in [6.07, 6.45) is 0.664. The largest absolute Gasteiger partial charge is 0.269 e. The third-order valence-corrected chi connectivity index (χ3v) is 3.14. The van der Waals surface area contributed by atoms with Crippen molar-refractivity contribution in [2.45, 2.75) is 16.7 Å². The fourth-order valence-electron chi connectivity index (χ4n) is 1.43. The quantitative estimate of drug-likeness (QED) is 0.446. The van der Waals surface area contributed by atoms with Crippen molar-refractivity contribution >= 4 is 28.9 Å². The Hall–Kier alpha value is -0.800. The number of rotatable bonds is 2. The van der Waals surface area contributed by atoms with E-state index in [4.69, 9.17) is 23.2 Å². The van der Waals surface area contributed by atoms with E-state index in [1.54, 1.807) is 6.07 Å². The highest BCUT2D eigenvalue weighted by molar-refractivity contribution is 6.51. The minimum Gasteiger partial charge on any atom is -0.258 e. The lowest BCUT2D eigenvalue weighted by Gasteiger charge is -1.99. The van der Waals surface area contributed by atoms with Crippen LogP contribution in [-0.2, 0) is 0 Å². The first-order valence-corrected chi connectivity index (χ1v) is 4.88. The first-order chi connectivity index (χ1) is 6.50. The smallest absolute Gasteiger partial charge is 0.258 e. The van der Waals surface area contributed by atoms with Gasteiger partial charge in [-0.25, -0.2) is 0 Å². The number of nitro benzene ring substituents is 1. The van der Waals surface area contributed by atoms with Crippen molar-refractivity contribution in [3.05, 3.63) is 39.9 Å². The summed E-state index contributed by atoms with van der Waals surface area (Å²) in [6.45, 7) is 0. The molecular formula is C9H7Cl2NO2. The number of nitro groups is 1. The van der Waals surface area contributed by atoms with E-state index in [2.05, 4.69) is 0 Å². The molecule has 1 aromatic rings. The molecule has 0 bridgehead atoms. The summed E-state index contributed by atoms with van der Waals surface area (Å²) in [5.74, 6) is 0.0331. The van der Waals surface area contributed by atoms with Gasteiger partial charge in [-0.3, -0.25) is 10.1 Å². The zero-order valence-electron chi connectivity index (χ0n) is 7.11. The summed E-state index contributed by atoms with van der Waals surface area (Å²) >= 11 is 11.7. The molecule has 1 atom stereocenters. The summed E-state index contributed by atoms with van der Waals surface area (Å²) in [4.78, 5) is 10.1. The van der Waals surface area contributed by atoms with Gasteiger partial charge in [-0.2, -0.15) is 0 Å². The number of benzene rings is 1. The Morgan fingerprint density at radius 2 is 2.14 bits per heavy atom. The van der Waals surface area contributed by atoms with Gasteiger partial charge in [0.2, 0.25) is 0 Å². The fourth-order valence-corrected chi connectivity index (χ4v) is 1.99. The van der Waals surface area contributed by atoms with Crippen molar-refractivity contribution in [3.63, 3.8) is 0 Å². The van der Waals surface area contributed by atoms with Crippen LogP contribution in [0, 0.1) is 10.1 Å². The van der Waals surface area contributed by atoms with E-state index in [1.165, 1.54) is 12.1 Å². The molecule has 1 aromatic carbocycles. The molecule has 0 aromatic heterocycles. The van der Waals surface area contributed by atoms with Crippen molar-refractivity contribution in [2.24, 2.45) is 0 Å². The molecule has 14 heavy (non-hydrogen) atoms. The molecule has 2 rings (SSSR count). The van der Waals surface area contributed by atoms with E-state index < -0.39 is 9.26 Å². The predicted octanol–water partition coefficient (Wildman–Crippen LogP) is 3.26. The van der Waals surface area contributed by atoms with Crippen LogP contribution in [0.4, 0.5) is 5.69 Å². The Morgan fingerprint density at radius 3 is 2.64 bits per heavy atom. The molecule has 0 radical (unpaired) electrons. The Bertz CT molecular complexity index is 392. The highest BCUT2D eigenvalue weighted by Gasteiger charge is 2.52. The monoisotopic (exact) mass is 231 g/mol. The van der Waals surface area contributed by atoms with Crippen LogP contribution in [0.3, 0.4) is 0 Å². The highest BCUT2D eigenvalue weighted by atomic mass is 35.5. The number of alkyl halides is 2. The number of hydrogen-bond donors (Lipinski definition) is 0. The molecule has 1 fully saturated rings. The van der Waals surface area contributed by atoms with Gasteiger partial charge in [-0.1, -0.05) is 12.1 Å². The maximum atomic E-state index is 10.5. The van der Waals surface area contributed by atoms with E-state index in [1.807, 2.05) is 6.07 Å². The summed E-state index contributed by atoms with van der Waals surface area (Å²) in [5.41, 5.74) is 0.919. The van der Waals surface area contributed by atoms with Crippen LogP contribution in [0.15, 0.2) is 24.3 Å². The zero-order chi connectivity index (χ0) is 10.3. The first kappa shape index (κ1) is 9.74. The molecule has 5 heteroatoms. The lowest BCUT2D eigenvalue weighted by Crippen LogP contribution is -1.92. The van der Waals surface area contributed by atoms with E-state index in [0.29, 0.717) is 6.42 Å². The third-order valence-electron chi connectivity index (χ3n) is 2.31. The predicted molar refractivity (Wildman–Crippen MR) is 54.9 cm³/mol. The van der Waals surface area contributed by atoms with Crippen molar-refractivity contribution in [2.75, 3.05) is 0 Å². The Kier molecular flexibility index (Phi) is 2.16. The molecule has 1 aliphatic rings. The average molecular weight is 232 g/mol. The summed E-state index contributed by atoms with van der Waals surface area (Å²) in [7, 11) is 0. The molecule has 0 saturated heterocycles. The van der Waals surface area contributed by atoms with E-state index >= 15 is 0 Å². The van der Waals surface area contributed by atoms with Crippen LogP contribution in [0.25, 0.3) is 0 Å². The second-order valence-electron chi connectivity index (χ2n) is 3.37. The van der Waals surface area contributed by atoms with Crippen LogP contribution in [0.1, 0.15) is 17.9 Å². The van der Waals surface area contributed by atoms with Crippen LogP contribution in [-0.4, -0.2) is 9.26 Å². The van der Waals surface area contributed by atoms with Crippen molar-refractivity contribution in [1.82, 2.24) is 0 Å². The topological polar surface area (TPSA) is 43.1 Å². The molecule has 1 unspecified atom stereocenters. The van der Waals surface area contributed by atoms with Gasteiger partial charge in [0, 0.05) is 18.1 Å². The third kappa shape index (κ3) is 1.70. The molecule has 0 spiro atoms. The van der Waals surface area contributed by atoms with Gasteiger partial charge >= 0.3 is 0 Å². The molecule has 1 saturated carbocycles. The number of hydrogen-bond acceptors (Lipinski definition) is 2. The number of non-ortho nitro benzene ring substituents is 1. The lowest BCUT2D eigenvalue weighted by atomic mass is 10.1. The second-order valence-corrected chi connectivity index (χ2v) is 4.91. The maximum Gasteiger partial charge on any atom is 0.269 e. The van der Waals surface area contributed by atoms with Crippen molar-refractivity contribution in [1.29, 1.82) is 0 Å². The van der Waals surface area contributed by atoms with Crippen LogP contribution < -0.4 is 0 Å². The number of nitrogens with zero attached hydrogens (tertiary/aromatic N) is 1. The Labute approximate surface area is 90.8 Å². The van der Waals surface area contributed by atoms with Crippen LogP contribution in [0.2, 0.25) is 0 Å². The Balaban J connectivity index is 2.28. The number of halogens is 2. The van der Waals surface area contributed by atoms with Gasteiger partial charge in [0.25, 0.3) is 5.69 Å². The van der Waals surface area contributed by atoms with Gasteiger partial charge in [0.15, 0.2) is 0 Å². The van der Waals surface area contributed by atoms with Gasteiger partial charge < -0.3 is 0 Å². The molecule has 0 aliphatic heterocycles. The van der Waals surface area contributed by atoms with Crippen molar-refractivity contribution in [3.8, 4) is 0 Å². The first-order valence-electron chi connectivity index (χ1n) is 4.13. The normalized spacial score (nSPS) is 23.1. The van der Waals surface area contributed by atoms with Gasteiger partial charge in [-0.05, 0) is 12.0 Å². The molecule has 3 nitrogen and oxygen atoms in total. The standard InChI is InChI=1S/C9H7Cl2NO2/c10-9(11)5-8(9)6-2-1-3-7(4-6)12(13)14/h1-4,8H,5H2. The lowest BCUT2D eigenvalue weighted by molar-refractivity contribution is -0.384. The van der Waals surface area contributed by atoms with E-state index in [0.717, 1.165) is 5.56 Å². The second kappa shape index (κ2) is 3.11. The summed E-state index contributed by atoms with van der Waals surface area (Å²) < 4.78 is -0.727. The minimum absolute atomic E-state index is 0.0331. The highest BCUT2D eigenvalue weighted by Crippen LogP contribution is 2.59.